The number of ether oxygens (including phenoxy) is 1. The Labute approximate surface area is 237 Å². The molecule has 0 radical (unpaired) electrons. The van der Waals surface area contributed by atoms with E-state index >= 15 is 4.39 Å². The molecule has 2 aliphatic rings. The summed E-state index contributed by atoms with van der Waals surface area (Å²) in [4.78, 5) is 32.4. The molecule has 2 fully saturated rings. The van der Waals surface area contributed by atoms with E-state index in [1.54, 1.807) is 12.3 Å². The van der Waals surface area contributed by atoms with Crippen molar-refractivity contribution in [1.29, 1.82) is 0 Å². The molecule has 2 aromatic carbocycles. The predicted octanol–water partition coefficient (Wildman–Crippen LogP) is 3.48. The molecule has 13 heteroatoms. The number of benzene rings is 2. The average molecular weight is 571 g/mol. The molecule has 5 heterocycles. The Bertz CT molecular complexity index is 1860. The molecule has 2 aliphatic heterocycles. The van der Waals surface area contributed by atoms with E-state index in [1.165, 1.54) is 48.7 Å². The number of carbonyl (C=O) groups excluding carboxylic acids is 1. The molecule has 42 heavy (non-hydrogen) atoms. The molecule has 3 N–H and O–H groups in total. The summed E-state index contributed by atoms with van der Waals surface area (Å²) in [6.07, 6.45) is 2.84. The van der Waals surface area contributed by atoms with Gasteiger partial charge in [-0.15, -0.1) is 0 Å². The van der Waals surface area contributed by atoms with Crippen LogP contribution in [-0.2, 0) is 0 Å². The fourth-order valence-electron chi connectivity index (χ4n) is 5.58. The van der Waals surface area contributed by atoms with E-state index in [4.69, 9.17) is 4.74 Å². The zero-order valence-corrected chi connectivity index (χ0v) is 22.1. The van der Waals surface area contributed by atoms with E-state index in [0.717, 1.165) is 42.7 Å². The maximum atomic E-state index is 15.2. The maximum Gasteiger partial charge on any atom is 0.284 e. The van der Waals surface area contributed by atoms with Crippen LogP contribution in [0.25, 0.3) is 16.7 Å². The van der Waals surface area contributed by atoms with Crippen molar-refractivity contribution in [2.45, 2.75) is 0 Å². The quantitative estimate of drug-likeness (QED) is 0.283. The van der Waals surface area contributed by atoms with Crippen molar-refractivity contribution in [3.05, 3.63) is 94.5 Å². The summed E-state index contributed by atoms with van der Waals surface area (Å²) in [6.45, 7) is 3.68. The molecule has 2 atom stereocenters. The van der Waals surface area contributed by atoms with Crippen molar-refractivity contribution in [3.63, 3.8) is 0 Å². The molecule has 7 rings (SSSR count). The Morgan fingerprint density at radius 2 is 1.76 bits per heavy atom. The highest BCUT2D eigenvalue weighted by atomic mass is 19.1. The highest BCUT2D eigenvalue weighted by Crippen LogP contribution is 2.38. The van der Waals surface area contributed by atoms with Gasteiger partial charge in [-0.1, -0.05) is 0 Å². The Hall–Kier alpha value is -5.17. The lowest BCUT2D eigenvalue weighted by atomic mass is 10.0. The Morgan fingerprint density at radius 1 is 0.976 bits per heavy atom. The molecule has 3 aromatic heterocycles. The summed E-state index contributed by atoms with van der Waals surface area (Å²) in [5, 5.41) is 18.0. The molecule has 0 saturated carbocycles. The van der Waals surface area contributed by atoms with E-state index in [2.05, 4.69) is 35.8 Å². The van der Waals surface area contributed by atoms with Gasteiger partial charge in [0.2, 0.25) is 0 Å². The van der Waals surface area contributed by atoms with Gasteiger partial charge in [-0.2, -0.15) is 14.9 Å². The molecule has 0 bridgehead atoms. The maximum absolute atomic E-state index is 15.2. The molecule has 11 nitrogen and oxygen atoms in total. The number of nitrogens with zero attached hydrogens (tertiary/aromatic N) is 5. The SMILES string of the molecule is O=C(Nc1ccc(Oc2ccnc3[nH]nc(N4CC5CNCC5C4)c23)c(F)c1)c1ccnn(-c2ccc(F)cc2)c1=O. The first-order chi connectivity index (χ1) is 20.4. The third kappa shape index (κ3) is 4.63. The first-order valence-electron chi connectivity index (χ1n) is 13.4. The van der Waals surface area contributed by atoms with E-state index in [9.17, 15) is 14.0 Å². The van der Waals surface area contributed by atoms with Crippen LogP contribution in [0.3, 0.4) is 0 Å². The van der Waals surface area contributed by atoms with Gasteiger partial charge < -0.3 is 20.3 Å². The first kappa shape index (κ1) is 25.8. The standard InChI is InChI=1S/C29H24F2N8O3/c30-18-1-4-20(5-2-18)39-29(41)21(7-10-34-39)28(40)35-19-3-6-23(22(31)11-19)42-24-8-9-33-26-25(24)27(37-36-26)38-14-16-12-32-13-17(16)15-38/h1-11,16-17,32H,12-15H2,(H,35,40)(H,33,36,37). The van der Waals surface area contributed by atoms with Gasteiger partial charge in [0, 0.05) is 56.4 Å². The smallest absolute Gasteiger partial charge is 0.284 e. The minimum atomic E-state index is -0.754. The van der Waals surface area contributed by atoms with Crippen LogP contribution in [0, 0.1) is 23.5 Å². The second-order valence-corrected chi connectivity index (χ2v) is 10.3. The summed E-state index contributed by atoms with van der Waals surface area (Å²) in [6, 6.07) is 12.0. The zero-order valence-electron chi connectivity index (χ0n) is 22.1. The van der Waals surface area contributed by atoms with Crippen LogP contribution >= 0.6 is 0 Å². The largest absolute Gasteiger partial charge is 0.453 e. The Morgan fingerprint density at radius 3 is 2.52 bits per heavy atom. The summed E-state index contributed by atoms with van der Waals surface area (Å²) in [5.74, 6) is 0.215. The Balaban J connectivity index is 1.11. The van der Waals surface area contributed by atoms with Crippen LogP contribution in [-0.4, -0.2) is 57.0 Å². The molecule has 212 valence electrons. The first-order valence-corrected chi connectivity index (χ1v) is 13.4. The van der Waals surface area contributed by atoms with E-state index in [1.807, 2.05) is 0 Å². The number of aromatic amines is 1. The van der Waals surface area contributed by atoms with E-state index in [-0.39, 0.29) is 17.0 Å². The number of nitrogens with one attached hydrogen (secondary N) is 3. The van der Waals surface area contributed by atoms with Gasteiger partial charge in [0.05, 0.1) is 5.69 Å². The Kier molecular flexibility index (Phi) is 6.35. The van der Waals surface area contributed by atoms with Crippen molar-refractivity contribution in [1.82, 2.24) is 30.3 Å². The number of fused-ring (bicyclic) bond motifs is 2. The fraction of sp³-hybridized carbons (Fsp3) is 0.207. The van der Waals surface area contributed by atoms with Crippen molar-refractivity contribution in [2.24, 2.45) is 11.8 Å². The minimum Gasteiger partial charge on any atom is -0.453 e. The minimum absolute atomic E-state index is 0.0577. The number of hydrogen-bond acceptors (Lipinski definition) is 8. The lowest BCUT2D eigenvalue weighted by Gasteiger charge is -2.18. The van der Waals surface area contributed by atoms with E-state index in [0.29, 0.717) is 34.3 Å². The van der Waals surface area contributed by atoms with Crippen LogP contribution in [0.5, 0.6) is 11.5 Å². The van der Waals surface area contributed by atoms with Gasteiger partial charge in [-0.05, 0) is 54.3 Å². The summed E-state index contributed by atoms with van der Waals surface area (Å²) in [7, 11) is 0. The van der Waals surface area contributed by atoms with Gasteiger partial charge in [0.1, 0.15) is 22.5 Å². The summed E-state index contributed by atoms with van der Waals surface area (Å²) >= 11 is 0. The molecule has 2 saturated heterocycles. The number of amides is 1. The third-order valence-corrected chi connectivity index (χ3v) is 7.66. The number of anilines is 2. The fourth-order valence-corrected chi connectivity index (χ4v) is 5.58. The van der Waals surface area contributed by atoms with Gasteiger partial charge in [0.25, 0.3) is 11.5 Å². The number of aromatic nitrogens is 5. The monoisotopic (exact) mass is 570 g/mol. The van der Waals surface area contributed by atoms with Crippen LogP contribution in [0.2, 0.25) is 0 Å². The van der Waals surface area contributed by atoms with Crippen LogP contribution in [0.1, 0.15) is 10.4 Å². The normalized spacial score (nSPS) is 17.9. The molecule has 0 aliphatic carbocycles. The van der Waals surface area contributed by atoms with Crippen LogP contribution in [0.15, 0.2) is 71.8 Å². The van der Waals surface area contributed by atoms with Crippen LogP contribution < -0.4 is 25.8 Å². The van der Waals surface area contributed by atoms with Gasteiger partial charge in [-0.3, -0.25) is 14.7 Å². The highest BCUT2D eigenvalue weighted by Gasteiger charge is 2.38. The molecule has 1 amide bonds. The lowest BCUT2D eigenvalue weighted by molar-refractivity contribution is 0.102. The number of pyridine rings is 1. The second-order valence-electron chi connectivity index (χ2n) is 10.3. The number of rotatable bonds is 6. The van der Waals surface area contributed by atoms with Crippen molar-refractivity contribution in [2.75, 3.05) is 36.4 Å². The number of halogens is 2. The van der Waals surface area contributed by atoms with Crippen molar-refractivity contribution < 1.29 is 18.3 Å². The van der Waals surface area contributed by atoms with Gasteiger partial charge >= 0.3 is 0 Å². The van der Waals surface area contributed by atoms with Gasteiger partial charge in [0.15, 0.2) is 23.0 Å². The highest BCUT2D eigenvalue weighted by molar-refractivity contribution is 6.04. The summed E-state index contributed by atoms with van der Waals surface area (Å²) < 4.78 is 35.5. The molecular weight excluding hydrogens is 546 g/mol. The van der Waals surface area contributed by atoms with Crippen molar-refractivity contribution >= 4 is 28.4 Å². The topological polar surface area (TPSA) is 130 Å². The number of carbonyl (C=O) groups is 1. The van der Waals surface area contributed by atoms with Crippen molar-refractivity contribution in [3.8, 4) is 17.2 Å². The number of hydrogen-bond donors (Lipinski definition) is 3. The molecular formula is C29H24F2N8O3. The summed E-state index contributed by atoms with van der Waals surface area (Å²) in [5.41, 5.74) is 0.0152. The second kappa shape index (κ2) is 10.3. The third-order valence-electron chi connectivity index (χ3n) is 7.66. The number of H-pyrrole nitrogens is 1. The molecule has 5 aromatic rings. The van der Waals surface area contributed by atoms with E-state index < -0.39 is 23.1 Å². The average Bonchev–Trinajstić information content (AvgIpc) is 3.71. The van der Waals surface area contributed by atoms with Gasteiger partial charge in [-0.25, -0.2) is 13.8 Å². The lowest BCUT2D eigenvalue weighted by Crippen LogP contribution is -2.29. The molecule has 2 unspecified atom stereocenters. The predicted molar refractivity (Wildman–Crippen MR) is 150 cm³/mol. The molecule has 0 spiro atoms. The van der Waals surface area contributed by atoms with Crippen LogP contribution in [0.4, 0.5) is 20.3 Å². The zero-order chi connectivity index (χ0) is 28.8.